The fraction of sp³-hybridized carbons (Fsp3) is 0.278. The second-order valence-corrected chi connectivity index (χ2v) is 6.29. The van der Waals surface area contributed by atoms with E-state index in [1.807, 2.05) is 59.5 Å². The molecule has 0 bridgehead atoms. The van der Waals surface area contributed by atoms with Crippen LogP contribution in [0.4, 0.5) is 5.69 Å². The fourth-order valence-electron chi connectivity index (χ4n) is 3.64. The largest absolute Gasteiger partial charge is 0.294 e. The summed E-state index contributed by atoms with van der Waals surface area (Å²) in [6.45, 7) is 0.972. The molecular formula is C18H17ClN2O. The highest BCUT2D eigenvalue weighted by Gasteiger charge is 2.49. The Balaban J connectivity index is 1.74. The second kappa shape index (κ2) is 5.41. The van der Waals surface area contributed by atoms with Crippen LogP contribution in [-0.2, 0) is 4.79 Å². The molecule has 4 rings (SSSR count). The van der Waals surface area contributed by atoms with Crippen molar-refractivity contribution in [1.82, 2.24) is 4.90 Å². The number of anilines is 1. The summed E-state index contributed by atoms with van der Waals surface area (Å²) in [4.78, 5) is 17.3. The van der Waals surface area contributed by atoms with Gasteiger partial charge in [-0.1, -0.05) is 41.9 Å². The summed E-state index contributed by atoms with van der Waals surface area (Å²) < 4.78 is 0. The molecule has 0 unspecified atom stereocenters. The van der Waals surface area contributed by atoms with Crippen LogP contribution in [0.2, 0.25) is 5.02 Å². The SMILES string of the molecule is O=C1[C@@H](c2ccccc2)N2CCC[C@@H]2N1c1ccc(Cl)cc1. The molecule has 2 aliphatic rings. The molecule has 0 spiro atoms. The van der Waals surface area contributed by atoms with Gasteiger partial charge in [0.2, 0.25) is 5.91 Å². The Morgan fingerprint density at radius 1 is 1.00 bits per heavy atom. The van der Waals surface area contributed by atoms with Crippen molar-refractivity contribution in [2.24, 2.45) is 0 Å². The third kappa shape index (κ3) is 2.13. The topological polar surface area (TPSA) is 23.6 Å². The maximum Gasteiger partial charge on any atom is 0.250 e. The zero-order valence-electron chi connectivity index (χ0n) is 12.2. The predicted molar refractivity (Wildman–Crippen MR) is 87.8 cm³/mol. The molecule has 2 atom stereocenters. The Kier molecular flexibility index (Phi) is 3.40. The van der Waals surface area contributed by atoms with Gasteiger partial charge in [0.1, 0.15) is 6.04 Å². The molecule has 3 nitrogen and oxygen atoms in total. The van der Waals surface area contributed by atoms with Crippen molar-refractivity contribution in [2.75, 3.05) is 11.4 Å². The van der Waals surface area contributed by atoms with Gasteiger partial charge in [-0.15, -0.1) is 0 Å². The lowest BCUT2D eigenvalue weighted by Crippen LogP contribution is -2.35. The molecule has 2 aromatic rings. The number of benzene rings is 2. The van der Waals surface area contributed by atoms with E-state index < -0.39 is 0 Å². The number of halogens is 1. The summed E-state index contributed by atoms with van der Waals surface area (Å²) in [6, 6.07) is 17.5. The number of nitrogens with zero attached hydrogens (tertiary/aromatic N) is 2. The standard InChI is InChI=1S/C18H17ClN2O/c19-14-8-10-15(11-9-14)21-16-7-4-12-20(16)17(18(21)22)13-5-2-1-3-6-13/h1-3,5-6,8-11,16-17H,4,7,12H2/t16-,17+/m0/s1. The summed E-state index contributed by atoms with van der Waals surface area (Å²) >= 11 is 5.98. The highest BCUT2D eigenvalue weighted by atomic mass is 35.5. The second-order valence-electron chi connectivity index (χ2n) is 5.86. The summed E-state index contributed by atoms with van der Waals surface area (Å²) in [7, 11) is 0. The van der Waals surface area contributed by atoms with Crippen LogP contribution >= 0.6 is 11.6 Å². The Bertz CT molecular complexity index is 686. The normalized spacial score (nSPS) is 24.8. The molecular weight excluding hydrogens is 296 g/mol. The molecule has 2 fully saturated rings. The van der Waals surface area contributed by atoms with Crippen LogP contribution in [0.25, 0.3) is 0 Å². The molecule has 1 amide bonds. The minimum absolute atomic E-state index is 0.163. The van der Waals surface area contributed by atoms with E-state index in [9.17, 15) is 4.79 Å². The smallest absolute Gasteiger partial charge is 0.250 e. The average Bonchev–Trinajstić information content (AvgIpc) is 3.09. The number of rotatable bonds is 2. The van der Waals surface area contributed by atoms with Crippen LogP contribution in [0.3, 0.4) is 0 Å². The van der Waals surface area contributed by atoms with Gasteiger partial charge in [-0.2, -0.15) is 0 Å². The van der Waals surface area contributed by atoms with Gasteiger partial charge in [0, 0.05) is 17.3 Å². The van der Waals surface area contributed by atoms with E-state index in [0.717, 1.165) is 30.6 Å². The molecule has 0 aliphatic carbocycles. The van der Waals surface area contributed by atoms with Crippen LogP contribution in [0.15, 0.2) is 54.6 Å². The van der Waals surface area contributed by atoms with Crippen molar-refractivity contribution in [3.8, 4) is 0 Å². The van der Waals surface area contributed by atoms with Gasteiger partial charge < -0.3 is 0 Å². The third-order valence-electron chi connectivity index (χ3n) is 4.58. The monoisotopic (exact) mass is 312 g/mol. The number of carbonyl (C=O) groups excluding carboxylic acids is 1. The Morgan fingerprint density at radius 2 is 1.73 bits per heavy atom. The van der Waals surface area contributed by atoms with Gasteiger partial charge in [0.15, 0.2) is 0 Å². The van der Waals surface area contributed by atoms with Crippen molar-refractivity contribution < 1.29 is 4.79 Å². The first-order valence-electron chi connectivity index (χ1n) is 7.65. The summed E-state index contributed by atoms with van der Waals surface area (Å²) in [5.41, 5.74) is 2.01. The van der Waals surface area contributed by atoms with E-state index in [1.165, 1.54) is 0 Å². The Morgan fingerprint density at radius 3 is 2.45 bits per heavy atom. The van der Waals surface area contributed by atoms with Crippen LogP contribution in [0.1, 0.15) is 24.4 Å². The van der Waals surface area contributed by atoms with E-state index in [0.29, 0.717) is 5.02 Å². The summed E-state index contributed by atoms with van der Waals surface area (Å²) in [6.07, 6.45) is 2.32. The van der Waals surface area contributed by atoms with E-state index in [2.05, 4.69) is 4.90 Å². The third-order valence-corrected chi connectivity index (χ3v) is 4.83. The van der Waals surface area contributed by atoms with Gasteiger partial charge in [0.05, 0.1) is 6.17 Å². The average molecular weight is 313 g/mol. The van der Waals surface area contributed by atoms with Gasteiger partial charge >= 0.3 is 0 Å². The highest BCUT2D eigenvalue weighted by molar-refractivity contribution is 6.30. The molecule has 2 heterocycles. The van der Waals surface area contributed by atoms with Crippen LogP contribution in [0, 0.1) is 0 Å². The molecule has 0 N–H and O–H groups in total. The summed E-state index contributed by atoms with van der Waals surface area (Å²) in [5, 5.41) is 0.693. The summed E-state index contributed by atoms with van der Waals surface area (Å²) in [5.74, 6) is 0.165. The Labute approximate surface area is 135 Å². The molecule has 2 aromatic carbocycles. The molecule has 2 saturated heterocycles. The number of hydrogen-bond acceptors (Lipinski definition) is 2. The van der Waals surface area contributed by atoms with Crippen molar-refractivity contribution in [3.05, 3.63) is 65.2 Å². The van der Waals surface area contributed by atoms with Gasteiger partial charge in [-0.25, -0.2) is 0 Å². The van der Waals surface area contributed by atoms with E-state index >= 15 is 0 Å². The Hall–Kier alpha value is -1.84. The minimum atomic E-state index is -0.163. The van der Waals surface area contributed by atoms with Crippen LogP contribution < -0.4 is 4.90 Å². The highest BCUT2D eigenvalue weighted by Crippen LogP contribution is 2.41. The van der Waals surface area contributed by atoms with E-state index in [1.54, 1.807) is 0 Å². The van der Waals surface area contributed by atoms with Crippen molar-refractivity contribution >= 4 is 23.2 Å². The molecule has 0 saturated carbocycles. The molecule has 112 valence electrons. The van der Waals surface area contributed by atoms with Crippen molar-refractivity contribution in [3.63, 3.8) is 0 Å². The lowest BCUT2D eigenvalue weighted by Gasteiger charge is -2.24. The molecule has 4 heteroatoms. The van der Waals surface area contributed by atoms with Crippen molar-refractivity contribution in [2.45, 2.75) is 25.0 Å². The maximum atomic E-state index is 13.1. The van der Waals surface area contributed by atoms with Gasteiger partial charge in [-0.05, 0) is 42.7 Å². The van der Waals surface area contributed by atoms with E-state index in [-0.39, 0.29) is 18.1 Å². The zero-order valence-corrected chi connectivity index (χ0v) is 12.9. The number of fused-ring (bicyclic) bond motifs is 1. The fourth-order valence-corrected chi connectivity index (χ4v) is 3.77. The first-order valence-corrected chi connectivity index (χ1v) is 8.03. The van der Waals surface area contributed by atoms with Crippen LogP contribution in [-0.4, -0.2) is 23.5 Å². The van der Waals surface area contributed by atoms with Crippen molar-refractivity contribution in [1.29, 1.82) is 0 Å². The molecule has 2 aliphatic heterocycles. The number of carbonyl (C=O) groups is 1. The quantitative estimate of drug-likeness (QED) is 0.841. The van der Waals surface area contributed by atoms with E-state index in [4.69, 9.17) is 11.6 Å². The first-order chi connectivity index (χ1) is 10.8. The lowest BCUT2D eigenvalue weighted by molar-refractivity contribution is -0.119. The molecule has 0 aromatic heterocycles. The first kappa shape index (κ1) is 13.8. The zero-order chi connectivity index (χ0) is 15.1. The number of hydrogen-bond donors (Lipinski definition) is 0. The molecule has 0 radical (unpaired) electrons. The van der Waals surface area contributed by atoms with Crippen LogP contribution in [0.5, 0.6) is 0 Å². The van der Waals surface area contributed by atoms with Gasteiger partial charge in [0.25, 0.3) is 0 Å². The minimum Gasteiger partial charge on any atom is -0.294 e. The predicted octanol–water partition coefficient (Wildman–Crippen LogP) is 3.85. The molecule has 22 heavy (non-hydrogen) atoms. The van der Waals surface area contributed by atoms with Gasteiger partial charge in [-0.3, -0.25) is 14.6 Å². The number of amides is 1. The maximum absolute atomic E-state index is 13.1. The lowest BCUT2D eigenvalue weighted by atomic mass is 10.1.